The first-order valence-electron chi connectivity index (χ1n) is 4.50. The summed E-state index contributed by atoms with van der Waals surface area (Å²) in [5.74, 6) is 0.413. The van der Waals surface area contributed by atoms with Gasteiger partial charge in [-0.15, -0.1) is 0 Å². The molecule has 2 nitrogen and oxygen atoms in total. The molecule has 1 aromatic rings. The van der Waals surface area contributed by atoms with Crippen LogP contribution in [0.3, 0.4) is 0 Å². The molecule has 0 fully saturated rings. The predicted octanol–water partition coefficient (Wildman–Crippen LogP) is 1.89. The lowest BCUT2D eigenvalue weighted by Gasteiger charge is -2.09. The van der Waals surface area contributed by atoms with Crippen molar-refractivity contribution in [3.63, 3.8) is 0 Å². The van der Waals surface area contributed by atoms with Crippen molar-refractivity contribution >= 4 is 0 Å². The summed E-state index contributed by atoms with van der Waals surface area (Å²) in [5.41, 5.74) is 6.21. The number of nitrogens with two attached hydrogens (primary N) is 1. The second-order valence-electron chi connectivity index (χ2n) is 2.89. The monoisotopic (exact) mass is 195 g/mol. The van der Waals surface area contributed by atoms with Crippen molar-refractivity contribution in [2.45, 2.75) is 6.42 Å². The Morgan fingerprint density at radius 3 is 2.93 bits per heavy atom. The molecule has 0 unspecified atom stereocenters. The summed E-state index contributed by atoms with van der Waals surface area (Å²) < 4.78 is 18.2. The van der Waals surface area contributed by atoms with Gasteiger partial charge in [0.15, 0.2) is 0 Å². The first-order valence-corrected chi connectivity index (χ1v) is 4.50. The summed E-state index contributed by atoms with van der Waals surface area (Å²) in [5, 5.41) is 0. The molecule has 0 aliphatic carbocycles. The van der Waals surface area contributed by atoms with E-state index in [9.17, 15) is 4.39 Å². The Balaban J connectivity index is 2.83. The largest absolute Gasteiger partial charge is 0.489 e. The van der Waals surface area contributed by atoms with Gasteiger partial charge in [0.05, 0.1) is 0 Å². The fourth-order valence-corrected chi connectivity index (χ4v) is 1.19. The van der Waals surface area contributed by atoms with E-state index in [1.54, 1.807) is 12.1 Å². The van der Waals surface area contributed by atoms with Crippen LogP contribution in [0.5, 0.6) is 5.75 Å². The van der Waals surface area contributed by atoms with Crippen molar-refractivity contribution in [2.24, 2.45) is 5.73 Å². The molecule has 0 aliphatic heterocycles. The van der Waals surface area contributed by atoms with Gasteiger partial charge in [0.25, 0.3) is 0 Å². The van der Waals surface area contributed by atoms with Gasteiger partial charge in [0.1, 0.15) is 18.2 Å². The van der Waals surface area contributed by atoms with E-state index in [1.807, 2.05) is 0 Å². The van der Waals surface area contributed by atoms with Gasteiger partial charge in [-0.2, -0.15) is 0 Å². The van der Waals surface area contributed by atoms with Crippen molar-refractivity contribution in [2.75, 3.05) is 13.2 Å². The third-order valence-corrected chi connectivity index (χ3v) is 1.79. The third kappa shape index (κ3) is 2.85. The van der Waals surface area contributed by atoms with Gasteiger partial charge in [0, 0.05) is 0 Å². The molecule has 3 heteroatoms. The molecule has 0 saturated carbocycles. The van der Waals surface area contributed by atoms with Gasteiger partial charge in [0.2, 0.25) is 0 Å². The van der Waals surface area contributed by atoms with Crippen LogP contribution in [-0.4, -0.2) is 13.2 Å². The second-order valence-corrected chi connectivity index (χ2v) is 2.89. The average molecular weight is 195 g/mol. The lowest BCUT2D eigenvalue weighted by atomic mass is 10.1. The molecule has 1 rings (SSSR count). The number of halogens is 1. The number of hydrogen-bond donors (Lipinski definition) is 1. The van der Waals surface area contributed by atoms with Crippen LogP contribution in [0.1, 0.15) is 5.56 Å². The summed E-state index contributed by atoms with van der Waals surface area (Å²) in [6, 6.07) is 4.44. The number of hydrogen-bond acceptors (Lipinski definition) is 2. The van der Waals surface area contributed by atoms with Crippen LogP contribution in [0.4, 0.5) is 4.39 Å². The van der Waals surface area contributed by atoms with E-state index >= 15 is 0 Å². The highest BCUT2D eigenvalue weighted by Crippen LogP contribution is 2.19. The van der Waals surface area contributed by atoms with Crippen LogP contribution in [0.2, 0.25) is 0 Å². The van der Waals surface area contributed by atoms with Crippen molar-refractivity contribution in [1.29, 1.82) is 0 Å². The molecule has 0 atom stereocenters. The molecule has 0 bridgehead atoms. The SMILES string of the molecule is C=CCOc1ccc(F)cc1CCN. The number of benzene rings is 1. The Morgan fingerprint density at radius 1 is 1.50 bits per heavy atom. The van der Waals surface area contributed by atoms with Gasteiger partial charge < -0.3 is 10.5 Å². The lowest BCUT2D eigenvalue weighted by molar-refractivity contribution is 0.358. The molecule has 0 aromatic heterocycles. The van der Waals surface area contributed by atoms with E-state index in [1.165, 1.54) is 12.1 Å². The third-order valence-electron chi connectivity index (χ3n) is 1.79. The summed E-state index contributed by atoms with van der Waals surface area (Å²) in [6.07, 6.45) is 2.26. The molecule has 0 amide bonds. The molecular weight excluding hydrogens is 181 g/mol. The van der Waals surface area contributed by atoms with Crippen LogP contribution in [0.15, 0.2) is 30.9 Å². The Labute approximate surface area is 83.2 Å². The highest BCUT2D eigenvalue weighted by atomic mass is 19.1. The summed E-state index contributed by atoms with van der Waals surface area (Å²) in [4.78, 5) is 0. The van der Waals surface area contributed by atoms with Crippen LogP contribution in [0, 0.1) is 5.82 Å². The van der Waals surface area contributed by atoms with E-state index in [-0.39, 0.29) is 5.82 Å². The average Bonchev–Trinajstić information content (AvgIpc) is 2.17. The zero-order valence-corrected chi connectivity index (χ0v) is 8.00. The summed E-state index contributed by atoms with van der Waals surface area (Å²) in [7, 11) is 0. The lowest BCUT2D eigenvalue weighted by Crippen LogP contribution is -2.05. The standard InChI is InChI=1S/C11H14FNO/c1-2-7-14-11-4-3-10(12)8-9(11)5-6-13/h2-4,8H,1,5-7,13H2. The van der Waals surface area contributed by atoms with E-state index in [0.29, 0.717) is 25.3 Å². The molecule has 0 heterocycles. The van der Waals surface area contributed by atoms with Crippen LogP contribution in [-0.2, 0) is 6.42 Å². The summed E-state index contributed by atoms with van der Waals surface area (Å²) in [6.45, 7) is 4.45. The molecule has 0 radical (unpaired) electrons. The Kier molecular flexibility index (Phi) is 4.13. The fourth-order valence-electron chi connectivity index (χ4n) is 1.19. The van der Waals surface area contributed by atoms with E-state index < -0.39 is 0 Å². The van der Waals surface area contributed by atoms with Crippen molar-refractivity contribution < 1.29 is 9.13 Å². The van der Waals surface area contributed by atoms with Gasteiger partial charge in [-0.1, -0.05) is 12.7 Å². The summed E-state index contributed by atoms with van der Waals surface area (Å²) >= 11 is 0. The maximum atomic E-state index is 12.9. The van der Waals surface area contributed by atoms with Crippen molar-refractivity contribution in [3.8, 4) is 5.75 Å². The fraction of sp³-hybridized carbons (Fsp3) is 0.273. The maximum Gasteiger partial charge on any atom is 0.123 e. The molecule has 0 saturated heterocycles. The van der Waals surface area contributed by atoms with E-state index in [0.717, 1.165) is 5.56 Å². The second kappa shape index (κ2) is 5.40. The van der Waals surface area contributed by atoms with Gasteiger partial charge >= 0.3 is 0 Å². The zero-order chi connectivity index (χ0) is 10.4. The zero-order valence-electron chi connectivity index (χ0n) is 8.00. The van der Waals surface area contributed by atoms with Crippen LogP contribution in [0.25, 0.3) is 0 Å². The highest BCUT2D eigenvalue weighted by Gasteiger charge is 2.03. The van der Waals surface area contributed by atoms with Crippen LogP contribution >= 0.6 is 0 Å². The van der Waals surface area contributed by atoms with E-state index in [2.05, 4.69) is 6.58 Å². The first-order chi connectivity index (χ1) is 6.77. The first kappa shape index (κ1) is 10.7. The predicted molar refractivity (Wildman–Crippen MR) is 54.9 cm³/mol. The highest BCUT2D eigenvalue weighted by molar-refractivity contribution is 5.34. The normalized spacial score (nSPS) is 9.86. The molecule has 0 spiro atoms. The Hall–Kier alpha value is -1.35. The Bertz CT molecular complexity index is 312. The molecule has 0 aliphatic rings. The smallest absolute Gasteiger partial charge is 0.123 e. The van der Waals surface area contributed by atoms with Gasteiger partial charge in [-0.25, -0.2) is 4.39 Å². The Morgan fingerprint density at radius 2 is 2.29 bits per heavy atom. The van der Waals surface area contributed by atoms with Gasteiger partial charge in [-0.05, 0) is 36.7 Å². The van der Waals surface area contributed by atoms with Crippen molar-refractivity contribution in [3.05, 3.63) is 42.2 Å². The number of ether oxygens (including phenoxy) is 1. The minimum absolute atomic E-state index is 0.264. The minimum Gasteiger partial charge on any atom is -0.489 e. The topological polar surface area (TPSA) is 35.2 Å². The maximum absolute atomic E-state index is 12.9. The van der Waals surface area contributed by atoms with E-state index in [4.69, 9.17) is 10.5 Å². The molecule has 1 aromatic carbocycles. The quantitative estimate of drug-likeness (QED) is 0.728. The molecule has 14 heavy (non-hydrogen) atoms. The molecular formula is C11H14FNO. The van der Waals surface area contributed by atoms with Gasteiger partial charge in [-0.3, -0.25) is 0 Å². The molecule has 2 N–H and O–H groups in total. The molecule has 76 valence electrons. The number of rotatable bonds is 5. The minimum atomic E-state index is -0.264. The van der Waals surface area contributed by atoms with Crippen LogP contribution < -0.4 is 10.5 Å². The van der Waals surface area contributed by atoms with Crippen molar-refractivity contribution in [1.82, 2.24) is 0 Å².